The van der Waals surface area contributed by atoms with Crippen molar-refractivity contribution in [3.63, 3.8) is 0 Å². The van der Waals surface area contributed by atoms with Crippen LogP contribution in [0.5, 0.6) is 0 Å². The van der Waals surface area contributed by atoms with Crippen molar-refractivity contribution in [1.29, 1.82) is 0 Å². The third-order valence-corrected chi connectivity index (χ3v) is 2.40. The Morgan fingerprint density at radius 2 is 1.67 bits per heavy atom. The van der Waals surface area contributed by atoms with E-state index in [-0.39, 0.29) is 11.5 Å². The summed E-state index contributed by atoms with van der Waals surface area (Å²) in [6.45, 7) is 8.40. The van der Waals surface area contributed by atoms with E-state index in [1.807, 2.05) is 0 Å². The molecule has 0 saturated carbocycles. The molecule has 0 aromatic heterocycles. The van der Waals surface area contributed by atoms with Gasteiger partial charge in [0.05, 0.1) is 6.10 Å². The van der Waals surface area contributed by atoms with Gasteiger partial charge in [-0.3, -0.25) is 0 Å². The maximum Gasteiger partial charge on any atom is 0.0589 e. The van der Waals surface area contributed by atoms with Crippen LogP contribution in [-0.4, -0.2) is 38.1 Å². The van der Waals surface area contributed by atoms with Crippen LogP contribution in [0.4, 0.5) is 0 Å². The van der Waals surface area contributed by atoms with Crippen LogP contribution in [0.1, 0.15) is 40.0 Å². The van der Waals surface area contributed by atoms with Crippen LogP contribution in [0.3, 0.4) is 0 Å². The molecule has 0 radical (unpaired) electrons. The van der Waals surface area contributed by atoms with Gasteiger partial charge < -0.3 is 14.6 Å². The van der Waals surface area contributed by atoms with E-state index in [1.165, 1.54) is 0 Å². The summed E-state index contributed by atoms with van der Waals surface area (Å²) in [6, 6.07) is 0. The largest absolute Gasteiger partial charge is 0.393 e. The molecule has 0 heterocycles. The molecule has 15 heavy (non-hydrogen) atoms. The van der Waals surface area contributed by atoms with Gasteiger partial charge in [0.2, 0.25) is 0 Å². The molecule has 0 fully saturated rings. The number of methoxy groups -OCH3 is 1. The van der Waals surface area contributed by atoms with Crippen LogP contribution in [0.15, 0.2) is 0 Å². The van der Waals surface area contributed by atoms with Crippen LogP contribution in [0, 0.1) is 5.41 Å². The second kappa shape index (κ2) is 8.08. The van der Waals surface area contributed by atoms with Crippen LogP contribution in [0.25, 0.3) is 0 Å². The summed E-state index contributed by atoms with van der Waals surface area (Å²) < 4.78 is 10.3. The van der Waals surface area contributed by atoms with Gasteiger partial charge in [0.1, 0.15) is 0 Å². The number of aliphatic hydroxyl groups excluding tert-OH is 1. The maximum atomic E-state index is 9.75. The molecule has 0 aliphatic heterocycles. The highest BCUT2D eigenvalue weighted by Crippen LogP contribution is 2.22. The van der Waals surface area contributed by atoms with E-state index < -0.39 is 0 Å². The molecule has 0 aromatic rings. The molecule has 0 amide bonds. The summed E-state index contributed by atoms with van der Waals surface area (Å²) in [7, 11) is 1.69. The molecule has 3 nitrogen and oxygen atoms in total. The Balaban J connectivity index is 3.24. The zero-order valence-electron chi connectivity index (χ0n) is 10.6. The molecule has 0 aliphatic carbocycles. The molecule has 3 heteroatoms. The summed E-state index contributed by atoms with van der Waals surface area (Å²) in [5.41, 5.74) is -0.0178. The van der Waals surface area contributed by atoms with Crippen molar-refractivity contribution in [3.05, 3.63) is 0 Å². The van der Waals surface area contributed by atoms with Gasteiger partial charge in [-0.15, -0.1) is 0 Å². The molecule has 1 unspecified atom stereocenters. The van der Waals surface area contributed by atoms with E-state index in [9.17, 15) is 5.11 Å². The Kier molecular flexibility index (Phi) is 8.02. The van der Waals surface area contributed by atoms with Crippen molar-refractivity contribution in [1.82, 2.24) is 0 Å². The number of hydrogen-bond donors (Lipinski definition) is 1. The normalized spacial score (nSPS) is 14.2. The van der Waals surface area contributed by atoms with Crippen molar-refractivity contribution >= 4 is 0 Å². The SMILES string of the molecule is COCCCOCCCC(O)C(C)(C)C. The Bertz CT molecular complexity index is 140. The van der Waals surface area contributed by atoms with E-state index in [0.29, 0.717) is 0 Å². The van der Waals surface area contributed by atoms with E-state index in [1.54, 1.807) is 7.11 Å². The van der Waals surface area contributed by atoms with Gasteiger partial charge in [0, 0.05) is 26.9 Å². The van der Waals surface area contributed by atoms with E-state index in [0.717, 1.165) is 39.1 Å². The van der Waals surface area contributed by atoms with Crippen LogP contribution in [-0.2, 0) is 9.47 Å². The van der Waals surface area contributed by atoms with E-state index in [4.69, 9.17) is 9.47 Å². The minimum absolute atomic E-state index is 0.0178. The monoisotopic (exact) mass is 218 g/mol. The van der Waals surface area contributed by atoms with Crippen LogP contribution in [0.2, 0.25) is 0 Å². The lowest BCUT2D eigenvalue weighted by Gasteiger charge is -2.25. The highest BCUT2D eigenvalue weighted by atomic mass is 16.5. The molecule has 0 spiro atoms. The maximum absolute atomic E-state index is 9.75. The minimum Gasteiger partial charge on any atom is -0.393 e. The first-order valence-electron chi connectivity index (χ1n) is 5.73. The second-order valence-corrected chi connectivity index (χ2v) is 4.98. The third-order valence-electron chi connectivity index (χ3n) is 2.40. The molecule has 1 N–H and O–H groups in total. The van der Waals surface area contributed by atoms with E-state index >= 15 is 0 Å². The molecule has 1 atom stereocenters. The third kappa shape index (κ3) is 8.85. The van der Waals surface area contributed by atoms with Crippen molar-refractivity contribution in [2.24, 2.45) is 5.41 Å². The average molecular weight is 218 g/mol. The predicted molar refractivity (Wildman–Crippen MR) is 62.0 cm³/mol. The molecule has 0 rings (SSSR count). The fraction of sp³-hybridized carbons (Fsp3) is 1.00. The summed E-state index contributed by atoms with van der Waals surface area (Å²) in [5.74, 6) is 0. The van der Waals surface area contributed by atoms with Gasteiger partial charge in [-0.2, -0.15) is 0 Å². The molecule has 0 bridgehead atoms. The topological polar surface area (TPSA) is 38.7 Å². The Morgan fingerprint density at radius 3 is 2.20 bits per heavy atom. The Hall–Kier alpha value is -0.120. The minimum atomic E-state index is -0.236. The molecule has 0 aliphatic rings. The summed E-state index contributed by atoms with van der Waals surface area (Å²) in [4.78, 5) is 0. The van der Waals surface area contributed by atoms with Crippen molar-refractivity contribution < 1.29 is 14.6 Å². The fourth-order valence-electron chi connectivity index (χ4n) is 1.22. The standard InChI is InChI=1S/C12H26O3/c1-12(2,3)11(13)7-5-9-15-10-6-8-14-4/h11,13H,5-10H2,1-4H3. The second-order valence-electron chi connectivity index (χ2n) is 4.98. The highest BCUT2D eigenvalue weighted by Gasteiger charge is 2.20. The lowest BCUT2D eigenvalue weighted by molar-refractivity contribution is 0.0400. The summed E-state index contributed by atoms with van der Waals surface area (Å²) in [6.07, 6.45) is 2.44. The van der Waals surface area contributed by atoms with Gasteiger partial charge >= 0.3 is 0 Å². The summed E-state index contributed by atoms with van der Waals surface area (Å²) in [5, 5.41) is 9.75. The zero-order valence-corrected chi connectivity index (χ0v) is 10.6. The number of aliphatic hydroxyl groups is 1. The van der Waals surface area contributed by atoms with Crippen LogP contribution < -0.4 is 0 Å². The molecule has 0 saturated heterocycles. The lowest BCUT2D eigenvalue weighted by atomic mass is 9.87. The zero-order chi connectivity index (χ0) is 11.7. The number of rotatable bonds is 8. The molecular weight excluding hydrogens is 192 g/mol. The van der Waals surface area contributed by atoms with Gasteiger partial charge in [0.15, 0.2) is 0 Å². The first-order valence-corrected chi connectivity index (χ1v) is 5.73. The predicted octanol–water partition coefficient (Wildman–Crippen LogP) is 2.23. The summed E-state index contributed by atoms with van der Waals surface area (Å²) >= 11 is 0. The molecular formula is C12H26O3. The fourth-order valence-corrected chi connectivity index (χ4v) is 1.22. The first-order chi connectivity index (χ1) is 6.98. The van der Waals surface area contributed by atoms with Crippen molar-refractivity contribution in [2.45, 2.75) is 46.1 Å². The first kappa shape index (κ1) is 14.9. The molecule has 0 aromatic carbocycles. The Morgan fingerprint density at radius 1 is 1.07 bits per heavy atom. The van der Waals surface area contributed by atoms with Crippen molar-refractivity contribution in [3.8, 4) is 0 Å². The van der Waals surface area contributed by atoms with E-state index in [2.05, 4.69) is 20.8 Å². The van der Waals surface area contributed by atoms with Gasteiger partial charge in [0.25, 0.3) is 0 Å². The average Bonchev–Trinajstić information content (AvgIpc) is 2.14. The van der Waals surface area contributed by atoms with Crippen LogP contribution >= 0.6 is 0 Å². The number of hydrogen-bond acceptors (Lipinski definition) is 3. The quantitative estimate of drug-likeness (QED) is 0.635. The van der Waals surface area contributed by atoms with Gasteiger partial charge in [-0.05, 0) is 24.7 Å². The Labute approximate surface area is 93.8 Å². The smallest absolute Gasteiger partial charge is 0.0589 e. The van der Waals surface area contributed by atoms with Crippen molar-refractivity contribution in [2.75, 3.05) is 26.9 Å². The molecule has 92 valence electrons. The highest BCUT2D eigenvalue weighted by molar-refractivity contribution is 4.72. The number of ether oxygens (including phenoxy) is 2. The van der Waals surface area contributed by atoms with Gasteiger partial charge in [-0.25, -0.2) is 0 Å². The van der Waals surface area contributed by atoms with Gasteiger partial charge in [-0.1, -0.05) is 20.8 Å². The lowest BCUT2D eigenvalue weighted by Crippen LogP contribution is -2.26.